The molecule has 21 heavy (non-hydrogen) atoms. The molecule has 0 spiro atoms. The van der Waals surface area contributed by atoms with Crippen LogP contribution in [0.1, 0.15) is 59.2 Å². The summed E-state index contributed by atoms with van der Waals surface area (Å²) in [6, 6.07) is 2.35. The Bertz CT molecular complexity index is 457. The van der Waals surface area contributed by atoms with Gasteiger partial charge in [0.25, 0.3) is 0 Å². The second kappa shape index (κ2) is 6.93. The van der Waals surface area contributed by atoms with Crippen molar-refractivity contribution in [2.45, 2.75) is 65.7 Å². The zero-order valence-electron chi connectivity index (χ0n) is 13.8. The Kier molecular flexibility index (Phi) is 5.44. The molecule has 1 aliphatic rings. The van der Waals surface area contributed by atoms with Crippen molar-refractivity contribution in [3.63, 3.8) is 0 Å². The van der Waals surface area contributed by atoms with Gasteiger partial charge in [-0.1, -0.05) is 34.1 Å². The third-order valence-corrected chi connectivity index (χ3v) is 5.36. The Labute approximate surface area is 132 Å². The minimum atomic E-state index is -0.0404. The molecular weight excluding hydrogens is 280 g/mol. The van der Waals surface area contributed by atoms with Gasteiger partial charge in [0.1, 0.15) is 6.17 Å². The highest BCUT2D eigenvalue weighted by atomic mass is 32.1. The van der Waals surface area contributed by atoms with Crippen LogP contribution in [-0.4, -0.2) is 22.9 Å². The van der Waals surface area contributed by atoms with Crippen LogP contribution < -0.4 is 5.32 Å². The van der Waals surface area contributed by atoms with E-state index < -0.39 is 0 Å². The highest BCUT2D eigenvalue weighted by molar-refractivity contribution is 7.07. The van der Waals surface area contributed by atoms with Crippen LogP contribution in [0.25, 0.3) is 0 Å². The molecule has 0 aromatic carbocycles. The van der Waals surface area contributed by atoms with Gasteiger partial charge in [0.15, 0.2) is 0 Å². The van der Waals surface area contributed by atoms with Crippen LogP contribution in [-0.2, 0) is 4.79 Å². The fraction of sp³-hybridized carbons (Fsp3) is 0.706. The highest BCUT2D eigenvalue weighted by Gasteiger charge is 2.42. The van der Waals surface area contributed by atoms with E-state index in [1.54, 1.807) is 11.3 Å². The molecule has 1 amide bonds. The summed E-state index contributed by atoms with van der Waals surface area (Å²) in [5.41, 5.74) is 1.22. The number of rotatable bonds is 6. The minimum absolute atomic E-state index is 0.0384. The summed E-state index contributed by atoms with van der Waals surface area (Å²) in [4.78, 5) is 15.0. The molecule has 0 aliphatic carbocycles. The largest absolute Gasteiger partial charge is 0.319 e. The quantitative estimate of drug-likeness (QED) is 0.860. The van der Waals surface area contributed by atoms with Crippen LogP contribution in [0.4, 0.5) is 0 Å². The third-order valence-electron chi connectivity index (χ3n) is 4.66. The SMILES string of the molecule is CCC(C)C(C)N1C(=O)C(CC(C)C)NC1c1ccsc1. The summed E-state index contributed by atoms with van der Waals surface area (Å²) < 4.78 is 0. The smallest absolute Gasteiger partial charge is 0.241 e. The molecule has 4 atom stereocenters. The fourth-order valence-corrected chi connectivity index (χ4v) is 3.71. The lowest BCUT2D eigenvalue weighted by molar-refractivity contribution is -0.133. The lowest BCUT2D eigenvalue weighted by Crippen LogP contribution is -2.41. The zero-order chi connectivity index (χ0) is 15.6. The maximum absolute atomic E-state index is 12.9. The van der Waals surface area contributed by atoms with Crippen LogP contribution >= 0.6 is 11.3 Å². The topological polar surface area (TPSA) is 32.3 Å². The van der Waals surface area contributed by atoms with Gasteiger partial charge in [-0.2, -0.15) is 11.3 Å². The maximum atomic E-state index is 12.9. The van der Waals surface area contributed by atoms with Crippen molar-refractivity contribution in [2.24, 2.45) is 11.8 Å². The summed E-state index contributed by atoms with van der Waals surface area (Å²) >= 11 is 1.69. The van der Waals surface area contributed by atoms with Crippen molar-refractivity contribution < 1.29 is 4.79 Å². The van der Waals surface area contributed by atoms with Gasteiger partial charge in [-0.3, -0.25) is 10.1 Å². The van der Waals surface area contributed by atoms with Crippen LogP contribution in [0.5, 0.6) is 0 Å². The van der Waals surface area contributed by atoms with Crippen LogP contribution in [0.3, 0.4) is 0 Å². The summed E-state index contributed by atoms with van der Waals surface area (Å²) in [5, 5.41) is 7.81. The van der Waals surface area contributed by atoms with Crippen molar-refractivity contribution >= 4 is 17.2 Å². The number of nitrogens with zero attached hydrogens (tertiary/aromatic N) is 1. The predicted molar refractivity (Wildman–Crippen MR) is 89.2 cm³/mol. The van der Waals surface area contributed by atoms with E-state index in [9.17, 15) is 4.79 Å². The van der Waals surface area contributed by atoms with E-state index in [1.165, 1.54) is 5.56 Å². The van der Waals surface area contributed by atoms with E-state index in [0.29, 0.717) is 11.8 Å². The van der Waals surface area contributed by atoms with Crippen molar-refractivity contribution in [3.05, 3.63) is 22.4 Å². The first-order chi connectivity index (χ1) is 9.95. The molecule has 2 heterocycles. The number of amides is 1. The molecule has 1 N–H and O–H groups in total. The number of nitrogens with one attached hydrogen (secondary N) is 1. The van der Waals surface area contributed by atoms with Gasteiger partial charge < -0.3 is 4.90 Å². The van der Waals surface area contributed by atoms with Gasteiger partial charge in [-0.05, 0) is 47.6 Å². The predicted octanol–water partition coefficient (Wildman–Crippen LogP) is 4.03. The number of hydrogen-bond acceptors (Lipinski definition) is 3. The number of carbonyl (C=O) groups excluding carboxylic acids is 1. The Morgan fingerprint density at radius 1 is 1.33 bits per heavy atom. The first-order valence-corrected chi connectivity index (χ1v) is 9.00. The van der Waals surface area contributed by atoms with E-state index in [2.05, 4.69) is 61.7 Å². The molecule has 0 bridgehead atoms. The number of hydrogen-bond donors (Lipinski definition) is 1. The Morgan fingerprint density at radius 3 is 2.57 bits per heavy atom. The molecule has 1 saturated heterocycles. The lowest BCUT2D eigenvalue weighted by atomic mass is 9.98. The van der Waals surface area contributed by atoms with E-state index in [0.717, 1.165) is 12.8 Å². The van der Waals surface area contributed by atoms with E-state index in [4.69, 9.17) is 0 Å². The standard InChI is InChI=1S/C17H28N2OS/c1-6-12(4)13(5)19-16(14-7-8-21-10-14)18-15(17(19)20)9-11(2)3/h7-8,10-13,15-16,18H,6,9H2,1-5H3. The summed E-state index contributed by atoms with van der Waals surface area (Å²) in [5.74, 6) is 1.30. The summed E-state index contributed by atoms with van der Waals surface area (Å²) in [7, 11) is 0. The molecule has 1 fully saturated rings. The molecule has 4 heteroatoms. The van der Waals surface area contributed by atoms with Crippen LogP contribution in [0.2, 0.25) is 0 Å². The van der Waals surface area contributed by atoms with E-state index >= 15 is 0 Å². The molecule has 118 valence electrons. The Hall–Kier alpha value is -0.870. The average Bonchev–Trinajstić information content (AvgIpc) is 3.06. The van der Waals surface area contributed by atoms with Gasteiger partial charge >= 0.3 is 0 Å². The average molecular weight is 308 g/mol. The summed E-state index contributed by atoms with van der Waals surface area (Å²) in [6.07, 6.45) is 2.04. The minimum Gasteiger partial charge on any atom is -0.319 e. The van der Waals surface area contributed by atoms with Crippen molar-refractivity contribution in [3.8, 4) is 0 Å². The molecular formula is C17H28N2OS. The molecule has 1 aromatic heterocycles. The van der Waals surface area contributed by atoms with Gasteiger partial charge in [-0.25, -0.2) is 0 Å². The fourth-order valence-electron chi connectivity index (χ4n) is 3.03. The van der Waals surface area contributed by atoms with E-state index in [-0.39, 0.29) is 24.2 Å². The molecule has 1 aliphatic heterocycles. The first-order valence-electron chi connectivity index (χ1n) is 8.06. The molecule has 2 rings (SSSR count). The normalized spacial score (nSPS) is 25.6. The van der Waals surface area contributed by atoms with E-state index in [1.807, 2.05) is 0 Å². The molecule has 4 unspecified atom stereocenters. The monoisotopic (exact) mass is 308 g/mol. The zero-order valence-corrected chi connectivity index (χ0v) is 14.6. The van der Waals surface area contributed by atoms with Crippen molar-refractivity contribution in [1.29, 1.82) is 0 Å². The first kappa shape index (κ1) is 16.5. The van der Waals surface area contributed by atoms with Gasteiger partial charge in [0.2, 0.25) is 5.91 Å². The van der Waals surface area contributed by atoms with Crippen molar-refractivity contribution in [1.82, 2.24) is 10.2 Å². The number of thiophene rings is 1. The number of carbonyl (C=O) groups is 1. The molecule has 3 nitrogen and oxygen atoms in total. The van der Waals surface area contributed by atoms with Gasteiger partial charge in [0.05, 0.1) is 6.04 Å². The van der Waals surface area contributed by atoms with Crippen LogP contribution in [0.15, 0.2) is 16.8 Å². The second-order valence-corrected chi connectivity index (χ2v) is 7.46. The van der Waals surface area contributed by atoms with Gasteiger partial charge in [-0.15, -0.1) is 0 Å². The third kappa shape index (κ3) is 3.49. The molecule has 0 saturated carbocycles. The van der Waals surface area contributed by atoms with Gasteiger partial charge in [0, 0.05) is 6.04 Å². The highest BCUT2D eigenvalue weighted by Crippen LogP contribution is 2.33. The maximum Gasteiger partial charge on any atom is 0.241 e. The summed E-state index contributed by atoms with van der Waals surface area (Å²) in [6.45, 7) is 11.0. The van der Waals surface area contributed by atoms with Crippen molar-refractivity contribution in [2.75, 3.05) is 0 Å². The molecule has 1 aromatic rings. The Morgan fingerprint density at radius 2 is 2.05 bits per heavy atom. The lowest BCUT2D eigenvalue weighted by Gasteiger charge is -2.33. The second-order valence-electron chi connectivity index (χ2n) is 6.68. The Balaban J connectivity index is 2.25. The van der Waals surface area contributed by atoms with Crippen LogP contribution in [0, 0.1) is 11.8 Å². The molecule has 0 radical (unpaired) electrons.